The smallest absolute Gasteiger partial charge is 0.142 e. The average molecular weight is 235 g/mol. The van der Waals surface area contributed by atoms with Gasteiger partial charge in [0.2, 0.25) is 0 Å². The quantitative estimate of drug-likeness (QED) is 0.733. The summed E-state index contributed by atoms with van der Waals surface area (Å²) in [6.45, 7) is 6.60. The predicted octanol–water partition coefficient (Wildman–Crippen LogP) is 2.87. The highest BCUT2D eigenvalue weighted by Crippen LogP contribution is 2.40. The molecule has 1 heterocycles. The van der Waals surface area contributed by atoms with Crippen molar-refractivity contribution in [2.45, 2.75) is 58.4 Å². The number of rotatable bonds is 2. The van der Waals surface area contributed by atoms with Crippen molar-refractivity contribution in [2.75, 3.05) is 13.1 Å². The van der Waals surface area contributed by atoms with Gasteiger partial charge in [-0.05, 0) is 38.0 Å². The lowest BCUT2D eigenvalue weighted by Gasteiger charge is -2.37. The van der Waals surface area contributed by atoms with Gasteiger partial charge in [0, 0.05) is 30.5 Å². The van der Waals surface area contributed by atoms with Gasteiger partial charge in [0.15, 0.2) is 0 Å². The third-order valence-corrected chi connectivity index (χ3v) is 5.37. The van der Waals surface area contributed by atoms with E-state index in [1.54, 1.807) is 0 Å². The first kappa shape index (κ1) is 11.7. The third kappa shape index (κ3) is 2.05. The normalized spacial score (nSPS) is 41.1. The van der Waals surface area contributed by atoms with E-state index in [0.717, 1.165) is 31.3 Å². The first-order valence-electron chi connectivity index (χ1n) is 7.34. The minimum absolute atomic E-state index is 0.0539. The monoisotopic (exact) mass is 235 g/mol. The van der Waals surface area contributed by atoms with Crippen LogP contribution in [0.4, 0.5) is 0 Å². The van der Waals surface area contributed by atoms with Crippen molar-refractivity contribution >= 4 is 5.78 Å². The summed E-state index contributed by atoms with van der Waals surface area (Å²) >= 11 is 0. The van der Waals surface area contributed by atoms with Crippen molar-refractivity contribution in [1.82, 2.24) is 4.90 Å². The summed E-state index contributed by atoms with van der Waals surface area (Å²) in [5.41, 5.74) is -0.0539. The third-order valence-electron chi connectivity index (χ3n) is 5.37. The Bertz CT molecular complexity index is 323. The molecule has 3 unspecified atom stereocenters. The summed E-state index contributed by atoms with van der Waals surface area (Å²) in [7, 11) is 0. The summed E-state index contributed by atoms with van der Waals surface area (Å²) < 4.78 is 0. The van der Waals surface area contributed by atoms with Crippen molar-refractivity contribution in [3.63, 3.8) is 0 Å². The van der Waals surface area contributed by atoms with Crippen molar-refractivity contribution in [2.24, 2.45) is 17.3 Å². The lowest BCUT2D eigenvalue weighted by Crippen LogP contribution is -2.44. The van der Waals surface area contributed by atoms with Gasteiger partial charge >= 0.3 is 0 Å². The van der Waals surface area contributed by atoms with E-state index >= 15 is 0 Å². The van der Waals surface area contributed by atoms with Crippen LogP contribution in [0.15, 0.2) is 0 Å². The van der Waals surface area contributed by atoms with Crippen LogP contribution in [0.5, 0.6) is 0 Å². The molecule has 1 saturated heterocycles. The number of hydrogen-bond acceptors (Lipinski definition) is 2. The van der Waals surface area contributed by atoms with E-state index < -0.39 is 0 Å². The van der Waals surface area contributed by atoms with Gasteiger partial charge in [0.05, 0.1) is 0 Å². The van der Waals surface area contributed by atoms with Gasteiger partial charge in [-0.2, -0.15) is 0 Å². The Hall–Kier alpha value is -0.370. The van der Waals surface area contributed by atoms with Crippen LogP contribution in [0.2, 0.25) is 0 Å². The Kier molecular flexibility index (Phi) is 2.81. The minimum Gasteiger partial charge on any atom is -0.299 e. The van der Waals surface area contributed by atoms with Crippen molar-refractivity contribution < 1.29 is 4.79 Å². The first-order chi connectivity index (χ1) is 8.06. The maximum absolute atomic E-state index is 12.4. The molecule has 96 valence electrons. The fraction of sp³-hybridized carbons (Fsp3) is 0.933. The van der Waals surface area contributed by atoms with E-state index in [0.29, 0.717) is 11.7 Å². The molecule has 0 aromatic heterocycles. The lowest BCUT2D eigenvalue weighted by atomic mass is 9.71. The number of carbonyl (C=O) groups excluding carboxylic acids is 1. The molecule has 0 aromatic carbocycles. The molecule has 0 N–H and O–H groups in total. The number of piperidine rings is 1. The molecule has 0 amide bonds. The molecule has 0 spiro atoms. The number of hydrogen-bond donors (Lipinski definition) is 0. The number of nitrogens with zero attached hydrogens (tertiary/aromatic N) is 1. The summed E-state index contributed by atoms with van der Waals surface area (Å²) in [6, 6.07) is 0.817. The van der Waals surface area contributed by atoms with E-state index in [9.17, 15) is 4.79 Å². The van der Waals surface area contributed by atoms with E-state index in [1.807, 2.05) is 0 Å². The van der Waals surface area contributed by atoms with Crippen LogP contribution >= 0.6 is 0 Å². The maximum Gasteiger partial charge on any atom is 0.142 e. The molecule has 2 aliphatic carbocycles. The molecule has 0 aromatic rings. The van der Waals surface area contributed by atoms with Crippen molar-refractivity contribution in [3.05, 3.63) is 0 Å². The Balaban J connectivity index is 1.63. The number of fused-ring (bicyclic) bond motifs is 2. The van der Waals surface area contributed by atoms with Crippen LogP contribution in [0, 0.1) is 17.3 Å². The standard InChI is InChI=1S/C15H25NO/c1-15(2)7-3-4-12(14(15)17)10-16-9-11-5-6-13(16)8-11/h11-13H,3-10H2,1-2H3. The van der Waals surface area contributed by atoms with Crippen LogP contribution in [0.3, 0.4) is 0 Å². The van der Waals surface area contributed by atoms with Gasteiger partial charge in [0.25, 0.3) is 0 Å². The van der Waals surface area contributed by atoms with Gasteiger partial charge in [-0.15, -0.1) is 0 Å². The predicted molar refractivity (Wildman–Crippen MR) is 68.8 cm³/mol. The Morgan fingerprint density at radius 1 is 1.29 bits per heavy atom. The van der Waals surface area contributed by atoms with E-state index in [1.165, 1.54) is 32.2 Å². The molecule has 2 bridgehead atoms. The van der Waals surface area contributed by atoms with Crippen LogP contribution in [0.1, 0.15) is 52.4 Å². The molecule has 3 rings (SSSR count). The second-order valence-corrected chi connectivity index (χ2v) is 7.12. The van der Waals surface area contributed by atoms with Gasteiger partial charge in [0.1, 0.15) is 5.78 Å². The topological polar surface area (TPSA) is 20.3 Å². The molecule has 17 heavy (non-hydrogen) atoms. The zero-order chi connectivity index (χ0) is 12.0. The van der Waals surface area contributed by atoms with Crippen molar-refractivity contribution in [3.8, 4) is 0 Å². The Labute approximate surface area is 105 Å². The summed E-state index contributed by atoms with van der Waals surface area (Å²) in [5.74, 6) is 1.82. The number of likely N-dealkylation sites (tertiary alicyclic amines) is 1. The number of Topliss-reactive ketones (excluding diaryl/α,β-unsaturated/α-hetero) is 1. The molecule has 3 aliphatic rings. The molecular weight excluding hydrogens is 210 g/mol. The second-order valence-electron chi connectivity index (χ2n) is 7.12. The molecule has 1 aliphatic heterocycles. The summed E-state index contributed by atoms with van der Waals surface area (Å²) in [4.78, 5) is 15.0. The minimum atomic E-state index is -0.0539. The van der Waals surface area contributed by atoms with E-state index in [4.69, 9.17) is 0 Å². The van der Waals surface area contributed by atoms with Gasteiger partial charge in [-0.1, -0.05) is 20.3 Å². The zero-order valence-corrected chi connectivity index (χ0v) is 11.2. The Morgan fingerprint density at radius 3 is 2.76 bits per heavy atom. The van der Waals surface area contributed by atoms with Crippen molar-refractivity contribution in [1.29, 1.82) is 0 Å². The fourth-order valence-corrected chi connectivity index (χ4v) is 4.30. The maximum atomic E-state index is 12.4. The molecule has 3 fully saturated rings. The number of carbonyl (C=O) groups is 1. The van der Waals surface area contributed by atoms with Gasteiger partial charge in [-0.3, -0.25) is 9.69 Å². The van der Waals surface area contributed by atoms with Crippen LogP contribution in [-0.4, -0.2) is 29.8 Å². The average Bonchev–Trinajstić information content (AvgIpc) is 2.86. The summed E-state index contributed by atoms with van der Waals surface area (Å²) in [5, 5.41) is 0. The zero-order valence-electron chi connectivity index (χ0n) is 11.2. The first-order valence-corrected chi connectivity index (χ1v) is 7.34. The summed E-state index contributed by atoms with van der Waals surface area (Å²) in [6.07, 6.45) is 7.69. The van der Waals surface area contributed by atoms with E-state index in [-0.39, 0.29) is 5.41 Å². The Morgan fingerprint density at radius 2 is 2.12 bits per heavy atom. The highest BCUT2D eigenvalue weighted by molar-refractivity contribution is 5.87. The number of ketones is 1. The van der Waals surface area contributed by atoms with Gasteiger partial charge < -0.3 is 0 Å². The SMILES string of the molecule is CC1(C)CCCC(CN2CC3CCC2C3)C1=O. The van der Waals surface area contributed by atoms with Crippen LogP contribution in [-0.2, 0) is 4.79 Å². The highest BCUT2D eigenvalue weighted by atomic mass is 16.1. The van der Waals surface area contributed by atoms with Crippen LogP contribution < -0.4 is 0 Å². The van der Waals surface area contributed by atoms with Gasteiger partial charge in [-0.25, -0.2) is 0 Å². The molecule has 0 radical (unpaired) electrons. The molecule has 2 saturated carbocycles. The molecule has 2 nitrogen and oxygen atoms in total. The molecular formula is C15H25NO. The highest BCUT2D eigenvalue weighted by Gasteiger charge is 2.42. The van der Waals surface area contributed by atoms with E-state index in [2.05, 4.69) is 18.7 Å². The largest absolute Gasteiger partial charge is 0.299 e. The molecule has 2 heteroatoms. The fourth-order valence-electron chi connectivity index (χ4n) is 4.30. The van der Waals surface area contributed by atoms with Crippen LogP contribution in [0.25, 0.3) is 0 Å². The lowest BCUT2D eigenvalue weighted by molar-refractivity contribution is -0.135. The second kappa shape index (κ2) is 4.08. The molecule has 3 atom stereocenters.